The van der Waals surface area contributed by atoms with Crippen LogP contribution in [0.25, 0.3) is 16.9 Å². The second kappa shape index (κ2) is 7.16. The smallest absolute Gasteiger partial charge is 0.233 e. The topological polar surface area (TPSA) is 89.2 Å². The Balaban J connectivity index is 1.45. The minimum atomic E-state index is -3.42. The van der Waals surface area contributed by atoms with E-state index in [1.54, 1.807) is 16.6 Å². The first kappa shape index (κ1) is 17.2. The maximum absolute atomic E-state index is 12.3. The highest BCUT2D eigenvalue weighted by Gasteiger charge is 2.11. The number of hydrogen-bond donors (Lipinski definition) is 1. The van der Waals surface area contributed by atoms with Gasteiger partial charge in [0.1, 0.15) is 6.33 Å². The number of sulfonamides is 1. The quantitative estimate of drug-likeness (QED) is 0.556. The van der Waals surface area contributed by atoms with Crippen molar-refractivity contribution in [3.8, 4) is 11.3 Å². The van der Waals surface area contributed by atoms with Crippen LogP contribution in [0, 0.1) is 0 Å². The molecule has 0 bridgehead atoms. The molecule has 1 N–H and O–H groups in total. The van der Waals surface area contributed by atoms with Crippen LogP contribution in [0.2, 0.25) is 0 Å². The van der Waals surface area contributed by atoms with Crippen molar-refractivity contribution in [1.29, 1.82) is 0 Å². The molecule has 2 aromatic heterocycles. The van der Waals surface area contributed by atoms with Crippen LogP contribution in [-0.2, 0) is 16.4 Å². The zero-order chi connectivity index (χ0) is 18.7. The Morgan fingerprint density at radius 1 is 0.926 bits per heavy atom. The van der Waals surface area contributed by atoms with E-state index < -0.39 is 10.0 Å². The predicted octanol–water partition coefficient (Wildman–Crippen LogP) is 2.78. The minimum absolute atomic E-state index is 0.0324. The normalized spacial score (nSPS) is 11.6. The van der Waals surface area contributed by atoms with Gasteiger partial charge in [-0.3, -0.25) is 4.72 Å². The zero-order valence-corrected chi connectivity index (χ0v) is 15.2. The first-order chi connectivity index (χ1) is 13.1. The molecule has 27 heavy (non-hydrogen) atoms. The summed E-state index contributed by atoms with van der Waals surface area (Å²) in [4.78, 5) is 0. The van der Waals surface area contributed by atoms with E-state index in [4.69, 9.17) is 0 Å². The number of nitrogens with one attached hydrogen (secondary N) is 1. The Bertz CT molecular complexity index is 1160. The maximum Gasteiger partial charge on any atom is 0.233 e. The molecule has 0 saturated heterocycles. The molecule has 0 spiro atoms. The van der Waals surface area contributed by atoms with Crippen LogP contribution in [-0.4, -0.2) is 34.0 Å². The Morgan fingerprint density at radius 2 is 1.70 bits per heavy atom. The number of fused-ring (bicyclic) bond motifs is 1. The van der Waals surface area contributed by atoms with E-state index in [2.05, 4.69) is 20.0 Å². The fourth-order valence-electron chi connectivity index (χ4n) is 2.72. The molecule has 0 atom stereocenters. The minimum Gasteiger partial charge on any atom is -0.284 e. The van der Waals surface area contributed by atoms with Gasteiger partial charge in [-0.2, -0.15) is 9.61 Å². The molecule has 2 heterocycles. The highest BCUT2D eigenvalue weighted by atomic mass is 32.2. The third-order valence-electron chi connectivity index (χ3n) is 4.12. The summed E-state index contributed by atoms with van der Waals surface area (Å²) in [6.45, 7) is 0. The SMILES string of the molecule is O=S(=O)(CCc1ccccc1)Nc1ccc(-c2ccc3nncn3n2)cc1. The van der Waals surface area contributed by atoms with Crippen molar-refractivity contribution in [2.45, 2.75) is 6.42 Å². The second-order valence-electron chi connectivity index (χ2n) is 6.09. The molecule has 136 valence electrons. The summed E-state index contributed by atoms with van der Waals surface area (Å²) >= 11 is 0. The molecule has 0 aliphatic carbocycles. The summed E-state index contributed by atoms with van der Waals surface area (Å²) in [5, 5.41) is 12.2. The molecule has 0 aliphatic heterocycles. The Morgan fingerprint density at radius 3 is 2.48 bits per heavy atom. The van der Waals surface area contributed by atoms with E-state index in [1.807, 2.05) is 54.6 Å². The van der Waals surface area contributed by atoms with Gasteiger partial charge in [0.15, 0.2) is 5.65 Å². The molecule has 0 aliphatic rings. The standard InChI is InChI=1S/C19H17N5O2S/c25-27(26,13-12-15-4-2-1-3-5-15)23-17-8-6-16(7-9-17)18-10-11-19-21-20-14-24(19)22-18/h1-11,14,23H,12-13H2. The van der Waals surface area contributed by atoms with Gasteiger partial charge >= 0.3 is 0 Å². The van der Waals surface area contributed by atoms with Gasteiger partial charge in [0.2, 0.25) is 10.0 Å². The van der Waals surface area contributed by atoms with Crippen LogP contribution >= 0.6 is 0 Å². The predicted molar refractivity (Wildman–Crippen MR) is 104 cm³/mol. The summed E-state index contributed by atoms with van der Waals surface area (Å²) in [5.74, 6) is 0.0324. The lowest BCUT2D eigenvalue weighted by atomic mass is 10.1. The van der Waals surface area contributed by atoms with Crippen LogP contribution in [0.4, 0.5) is 5.69 Å². The molecule has 0 radical (unpaired) electrons. The summed E-state index contributed by atoms with van der Waals surface area (Å²) in [7, 11) is -3.42. The zero-order valence-electron chi connectivity index (χ0n) is 14.4. The van der Waals surface area contributed by atoms with Gasteiger partial charge in [-0.05, 0) is 36.2 Å². The number of rotatable bonds is 6. The monoisotopic (exact) mass is 379 g/mol. The number of aromatic nitrogens is 4. The molecule has 8 heteroatoms. The fraction of sp³-hybridized carbons (Fsp3) is 0.105. The van der Waals surface area contributed by atoms with Crippen molar-refractivity contribution in [3.05, 3.63) is 78.6 Å². The molecule has 0 fully saturated rings. The third-order valence-corrected chi connectivity index (χ3v) is 5.41. The van der Waals surface area contributed by atoms with E-state index in [0.29, 0.717) is 17.8 Å². The van der Waals surface area contributed by atoms with Crippen molar-refractivity contribution in [2.75, 3.05) is 10.5 Å². The third kappa shape index (κ3) is 4.12. The van der Waals surface area contributed by atoms with Crippen LogP contribution in [0.1, 0.15) is 5.56 Å². The number of hydrogen-bond acceptors (Lipinski definition) is 5. The molecule has 0 saturated carbocycles. The van der Waals surface area contributed by atoms with Crippen molar-refractivity contribution >= 4 is 21.4 Å². The molecule has 2 aromatic carbocycles. The van der Waals surface area contributed by atoms with Gasteiger partial charge < -0.3 is 0 Å². The molecular weight excluding hydrogens is 362 g/mol. The molecule has 7 nitrogen and oxygen atoms in total. The number of nitrogens with zero attached hydrogens (tertiary/aromatic N) is 4. The lowest BCUT2D eigenvalue weighted by molar-refractivity contribution is 0.600. The van der Waals surface area contributed by atoms with Crippen LogP contribution in [0.15, 0.2) is 73.1 Å². The van der Waals surface area contributed by atoms with Crippen LogP contribution < -0.4 is 4.72 Å². The van der Waals surface area contributed by atoms with Gasteiger partial charge in [-0.1, -0.05) is 42.5 Å². The van der Waals surface area contributed by atoms with Gasteiger partial charge in [-0.25, -0.2) is 8.42 Å². The van der Waals surface area contributed by atoms with Crippen LogP contribution in [0.5, 0.6) is 0 Å². The largest absolute Gasteiger partial charge is 0.284 e. The van der Waals surface area contributed by atoms with Gasteiger partial charge in [-0.15, -0.1) is 10.2 Å². The maximum atomic E-state index is 12.3. The number of aryl methyl sites for hydroxylation is 1. The average molecular weight is 379 g/mol. The average Bonchev–Trinajstić information content (AvgIpc) is 3.15. The summed E-state index contributed by atoms with van der Waals surface area (Å²) in [6, 6.07) is 20.3. The van der Waals surface area contributed by atoms with Gasteiger partial charge in [0, 0.05) is 11.3 Å². The Labute approximate surface area is 156 Å². The van der Waals surface area contributed by atoms with Crippen LogP contribution in [0.3, 0.4) is 0 Å². The summed E-state index contributed by atoms with van der Waals surface area (Å²) in [6.07, 6.45) is 2.01. The Hall–Kier alpha value is -3.26. The highest BCUT2D eigenvalue weighted by Crippen LogP contribution is 2.20. The molecule has 4 aromatic rings. The van der Waals surface area contributed by atoms with E-state index >= 15 is 0 Å². The molecule has 0 amide bonds. The van der Waals surface area contributed by atoms with Crippen molar-refractivity contribution in [3.63, 3.8) is 0 Å². The summed E-state index contributed by atoms with van der Waals surface area (Å²) < 4.78 is 28.8. The van der Waals surface area contributed by atoms with Gasteiger partial charge in [0.05, 0.1) is 11.4 Å². The first-order valence-corrected chi connectivity index (χ1v) is 10.1. The van der Waals surface area contributed by atoms with Crippen molar-refractivity contribution in [1.82, 2.24) is 19.8 Å². The molecule has 0 unspecified atom stereocenters. The van der Waals surface area contributed by atoms with E-state index in [9.17, 15) is 8.42 Å². The first-order valence-electron chi connectivity index (χ1n) is 8.41. The molecular formula is C19H17N5O2S. The Kier molecular flexibility index (Phi) is 4.55. The van der Waals surface area contributed by atoms with Crippen molar-refractivity contribution < 1.29 is 8.42 Å². The number of anilines is 1. The van der Waals surface area contributed by atoms with E-state index in [-0.39, 0.29) is 5.75 Å². The van der Waals surface area contributed by atoms with Gasteiger partial charge in [0.25, 0.3) is 0 Å². The fourth-order valence-corrected chi connectivity index (χ4v) is 3.82. The second-order valence-corrected chi connectivity index (χ2v) is 7.93. The lowest BCUT2D eigenvalue weighted by Crippen LogP contribution is -2.18. The summed E-state index contributed by atoms with van der Waals surface area (Å²) in [5.41, 5.74) is 3.81. The van der Waals surface area contributed by atoms with E-state index in [0.717, 1.165) is 16.8 Å². The molecule has 4 rings (SSSR count). The van der Waals surface area contributed by atoms with Crippen molar-refractivity contribution in [2.24, 2.45) is 0 Å². The van der Waals surface area contributed by atoms with E-state index in [1.165, 1.54) is 6.33 Å². The number of benzene rings is 2. The lowest BCUT2D eigenvalue weighted by Gasteiger charge is -2.09. The highest BCUT2D eigenvalue weighted by molar-refractivity contribution is 7.92.